The maximum Gasteiger partial charge on any atom is 0.269 e. The molecule has 0 radical (unpaired) electrons. The Bertz CT molecular complexity index is 535. The lowest BCUT2D eigenvalue weighted by Gasteiger charge is -2.39. The van der Waals surface area contributed by atoms with Crippen LogP contribution in [0.5, 0.6) is 0 Å². The van der Waals surface area contributed by atoms with Crippen molar-refractivity contribution in [1.29, 1.82) is 0 Å². The van der Waals surface area contributed by atoms with Gasteiger partial charge in [0, 0.05) is 42.9 Å². The second-order valence-electron chi connectivity index (χ2n) is 5.39. The van der Waals surface area contributed by atoms with E-state index in [1.165, 1.54) is 12.1 Å². The van der Waals surface area contributed by atoms with E-state index in [1.54, 1.807) is 12.1 Å². The molecule has 1 aromatic carbocycles. The third-order valence-corrected chi connectivity index (χ3v) is 4.11. The fourth-order valence-corrected chi connectivity index (χ4v) is 2.88. The van der Waals surface area contributed by atoms with Gasteiger partial charge < -0.3 is 4.90 Å². The summed E-state index contributed by atoms with van der Waals surface area (Å²) in [5, 5.41) is 10.6. The van der Waals surface area contributed by atoms with Crippen molar-refractivity contribution in [3.05, 3.63) is 34.4 Å². The van der Waals surface area contributed by atoms with Gasteiger partial charge in [-0.2, -0.15) is 0 Å². The summed E-state index contributed by atoms with van der Waals surface area (Å²) in [7, 11) is 0. The highest BCUT2D eigenvalue weighted by molar-refractivity contribution is 5.79. The van der Waals surface area contributed by atoms with Crippen LogP contribution >= 0.6 is 0 Å². The quantitative estimate of drug-likeness (QED) is 0.620. The van der Waals surface area contributed by atoms with Crippen LogP contribution < -0.4 is 15.8 Å². The van der Waals surface area contributed by atoms with Crippen LogP contribution in [0.4, 0.5) is 11.4 Å². The van der Waals surface area contributed by atoms with E-state index in [0.29, 0.717) is 6.42 Å². The van der Waals surface area contributed by atoms with E-state index in [4.69, 9.17) is 0 Å². The van der Waals surface area contributed by atoms with Gasteiger partial charge in [-0.05, 0) is 25.0 Å². The normalized spacial score (nSPS) is 21.0. The number of rotatable bonds is 2. The van der Waals surface area contributed by atoms with Gasteiger partial charge in [0.25, 0.3) is 5.69 Å². The van der Waals surface area contributed by atoms with Crippen molar-refractivity contribution in [2.75, 3.05) is 18.0 Å². The molecule has 2 N–H and O–H groups in total. The van der Waals surface area contributed by atoms with E-state index in [1.807, 2.05) is 0 Å². The molecule has 2 heterocycles. The second-order valence-corrected chi connectivity index (χ2v) is 5.39. The number of benzene rings is 1. The third-order valence-electron chi connectivity index (χ3n) is 4.11. The molecular weight excluding hydrogens is 260 g/mol. The van der Waals surface area contributed by atoms with Gasteiger partial charge in [0.1, 0.15) is 0 Å². The fraction of sp³-hybridized carbons (Fsp3) is 0.462. The summed E-state index contributed by atoms with van der Waals surface area (Å²) in [6.45, 7) is 1.67. The monoisotopic (exact) mass is 276 g/mol. The first kappa shape index (κ1) is 12.9. The zero-order valence-corrected chi connectivity index (χ0v) is 11.0. The molecule has 2 fully saturated rings. The molecule has 1 aromatic rings. The molecule has 2 aliphatic rings. The topological polar surface area (TPSA) is 87.5 Å². The molecule has 106 valence electrons. The first-order valence-electron chi connectivity index (χ1n) is 6.63. The molecule has 0 saturated carbocycles. The Morgan fingerprint density at radius 2 is 1.85 bits per heavy atom. The minimum atomic E-state index is -0.394. The van der Waals surface area contributed by atoms with Crippen LogP contribution in [-0.2, 0) is 4.79 Å². The number of nitro groups is 1. The fourth-order valence-electron chi connectivity index (χ4n) is 2.88. The van der Waals surface area contributed by atoms with Gasteiger partial charge in [0.05, 0.1) is 4.92 Å². The molecular formula is C13H16N4O3. The van der Waals surface area contributed by atoms with Gasteiger partial charge >= 0.3 is 0 Å². The number of carbonyl (C=O) groups excluding carboxylic acids is 1. The van der Waals surface area contributed by atoms with E-state index in [0.717, 1.165) is 31.6 Å². The summed E-state index contributed by atoms with van der Waals surface area (Å²) < 4.78 is 0. The number of anilines is 1. The Balaban J connectivity index is 1.66. The molecule has 7 heteroatoms. The molecule has 1 spiro atoms. The van der Waals surface area contributed by atoms with Crippen molar-refractivity contribution in [1.82, 2.24) is 10.9 Å². The average molecular weight is 276 g/mol. The Morgan fingerprint density at radius 1 is 1.20 bits per heavy atom. The molecule has 3 rings (SSSR count). The molecule has 1 amide bonds. The molecule has 7 nitrogen and oxygen atoms in total. The summed E-state index contributed by atoms with van der Waals surface area (Å²) in [4.78, 5) is 23.8. The lowest BCUT2D eigenvalue weighted by atomic mass is 9.86. The molecule has 0 aliphatic carbocycles. The van der Waals surface area contributed by atoms with Crippen molar-refractivity contribution in [2.24, 2.45) is 0 Å². The van der Waals surface area contributed by atoms with E-state index >= 15 is 0 Å². The number of hydrogen-bond donors (Lipinski definition) is 2. The van der Waals surface area contributed by atoms with Crippen LogP contribution in [0.1, 0.15) is 19.3 Å². The van der Waals surface area contributed by atoms with Crippen LogP contribution in [0.3, 0.4) is 0 Å². The zero-order valence-electron chi connectivity index (χ0n) is 11.0. The first-order valence-corrected chi connectivity index (χ1v) is 6.63. The Labute approximate surface area is 116 Å². The Kier molecular flexibility index (Phi) is 3.06. The SMILES string of the molecule is O=C1CC2(CCN(c3ccc([N+](=O)[O-])cc3)CC2)NN1. The van der Waals surface area contributed by atoms with E-state index < -0.39 is 4.92 Å². The van der Waals surface area contributed by atoms with E-state index in [2.05, 4.69) is 15.8 Å². The smallest absolute Gasteiger partial charge is 0.269 e. The van der Waals surface area contributed by atoms with Gasteiger partial charge in [-0.1, -0.05) is 0 Å². The largest absolute Gasteiger partial charge is 0.371 e. The number of nitrogens with one attached hydrogen (secondary N) is 2. The number of nitrogens with zero attached hydrogens (tertiary/aromatic N) is 2. The van der Waals surface area contributed by atoms with Gasteiger partial charge in [0.15, 0.2) is 0 Å². The van der Waals surface area contributed by atoms with Crippen LogP contribution in [0, 0.1) is 10.1 Å². The molecule has 0 atom stereocenters. The highest BCUT2D eigenvalue weighted by Gasteiger charge is 2.40. The molecule has 20 heavy (non-hydrogen) atoms. The number of carbonyl (C=O) groups is 1. The predicted molar refractivity (Wildman–Crippen MR) is 73.2 cm³/mol. The van der Waals surface area contributed by atoms with Crippen LogP contribution in [0.2, 0.25) is 0 Å². The molecule has 0 unspecified atom stereocenters. The summed E-state index contributed by atoms with van der Waals surface area (Å²) in [6, 6.07) is 6.61. The number of non-ortho nitro benzene ring substituents is 1. The van der Waals surface area contributed by atoms with Crippen LogP contribution in [0.25, 0.3) is 0 Å². The summed E-state index contributed by atoms with van der Waals surface area (Å²) in [5.41, 5.74) is 6.75. The second kappa shape index (κ2) is 4.75. The van der Waals surface area contributed by atoms with Crippen LogP contribution in [-0.4, -0.2) is 29.5 Å². The van der Waals surface area contributed by atoms with Gasteiger partial charge in [-0.25, -0.2) is 5.43 Å². The summed E-state index contributed by atoms with van der Waals surface area (Å²) in [6.07, 6.45) is 2.28. The molecule has 0 aromatic heterocycles. The van der Waals surface area contributed by atoms with Crippen molar-refractivity contribution >= 4 is 17.3 Å². The summed E-state index contributed by atoms with van der Waals surface area (Å²) >= 11 is 0. The minimum absolute atomic E-state index is 0.0498. The summed E-state index contributed by atoms with van der Waals surface area (Å²) in [5.74, 6) is 0.0498. The van der Waals surface area contributed by atoms with Crippen molar-refractivity contribution in [3.8, 4) is 0 Å². The number of piperidine rings is 1. The molecule has 2 saturated heterocycles. The average Bonchev–Trinajstić information content (AvgIpc) is 2.81. The highest BCUT2D eigenvalue weighted by atomic mass is 16.6. The first-order chi connectivity index (χ1) is 9.58. The van der Waals surface area contributed by atoms with E-state index in [-0.39, 0.29) is 17.1 Å². The van der Waals surface area contributed by atoms with Crippen molar-refractivity contribution in [3.63, 3.8) is 0 Å². The number of amides is 1. The molecule has 0 bridgehead atoms. The minimum Gasteiger partial charge on any atom is -0.371 e. The van der Waals surface area contributed by atoms with Crippen LogP contribution in [0.15, 0.2) is 24.3 Å². The van der Waals surface area contributed by atoms with Gasteiger partial charge in [0.2, 0.25) is 5.91 Å². The maximum absolute atomic E-state index is 11.3. The predicted octanol–water partition coefficient (Wildman–Crippen LogP) is 0.958. The van der Waals surface area contributed by atoms with Crippen molar-refractivity contribution < 1.29 is 9.72 Å². The Hall–Kier alpha value is -2.15. The van der Waals surface area contributed by atoms with Crippen molar-refractivity contribution in [2.45, 2.75) is 24.8 Å². The maximum atomic E-state index is 11.3. The number of hydrogen-bond acceptors (Lipinski definition) is 5. The van der Waals surface area contributed by atoms with E-state index in [9.17, 15) is 14.9 Å². The number of hydrazine groups is 1. The van der Waals surface area contributed by atoms with Gasteiger partial charge in [-0.15, -0.1) is 0 Å². The lowest BCUT2D eigenvalue weighted by molar-refractivity contribution is -0.384. The Morgan fingerprint density at radius 3 is 2.35 bits per heavy atom. The number of nitro benzene ring substituents is 1. The molecule has 2 aliphatic heterocycles. The zero-order chi connectivity index (χ0) is 14.2. The third kappa shape index (κ3) is 2.32. The standard InChI is InChI=1S/C13H16N4O3/c18-12-9-13(15-14-12)5-7-16(8-6-13)10-1-3-11(4-2-10)17(19)20/h1-4,15H,5-9H2,(H,14,18). The lowest BCUT2D eigenvalue weighted by Crippen LogP contribution is -2.52. The van der Waals surface area contributed by atoms with Gasteiger partial charge in [-0.3, -0.25) is 20.3 Å². The highest BCUT2D eigenvalue weighted by Crippen LogP contribution is 2.31.